The number of carbonyl (C=O) groups excluding carboxylic acids is 3. The second-order valence-electron chi connectivity index (χ2n) is 17.4. The van der Waals surface area contributed by atoms with Gasteiger partial charge in [0, 0.05) is 80.4 Å². The fraction of sp³-hybridized carbons (Fsp3) is 0.360. The van der Waals surface area contributed by atoms with Crippen LogP contribution in [0.25, 0.3) is 33.4 Å². The average Bonchev–Trinajstić information content (AvgIpc) is 3.36. The van der Waals surface area contributed by atoms with Gasteiger partial charge in [-0.15, -0.1) is 0 Å². The zero-order valence-electron chi connectivity index (χ0n) is 37.1. The lowest BCUT2D eigenvalue weighted by molar-refractivity contribution is -0.136. The van der Waals surface area contributed by atoms with Gasteiger partial charge in [0.25, 0.3) is 17.0 Å². The third kappa shape index (κ3) is 10.6. The van der Waals surface area contributed by atoms with Crippen LogP contribution in [0.3, 0.4) is 0 Å². The average molecular weight is 902 g/mol. The molecule has 1 unspecified atom stereocenters. The molecule has 0 saturated carbocycles. The molecule has 3 aliphatic heterocycles. The summed E-state index contributed by atoms with van der Waals surface area (Å²) in [6.45, 7) is 6.68. The number of hydrogen-bond acceptors (Lipinski definition) is 13. The molecule has 3 saturated heterocycles. The number of likely N-dealkylation sites (tertiary alicyclic amines) is 1. The molecule has 0 bridgehead atoms. The minimum Gasteiger partial charge on any atom is -0.490 e. The number of anilines is 1. The van der Waals surface area contributed by atoms with E-state index in [1.165, 1.54) is 15.4 Å². The Labute approximate surface area is 386 Å². The number of nitrogens with zero attached hydrogens (tertiary/aromatic N) is 10. The third-order valence-electron chi connectivity index (χ3n) is 12.9. The summed E-state index contributed by atoms with van der Waals surface area (Å²) in [6, 6.07) is 25.0. The largest absolute Gasteiger partial charge is 0.490 e. The number of piperazine rings is 1. The van der Waals surface area contributed by atoms with Crippen molar-refractivity contribution in [2.45, 2.75) is 57.5 Å². The van der Waals surface area contributed by atoms with Crippen LogP contribution in [0.5, 0.6) is 5.75 Å². The number of imide groups is 1. The zero-order valence-corrected chi connectivity index (χ0v) is 37.1. The van der Waals surface area contributed by atoms with Gasteiger partial charge in [0.2, 0.25) is 11.8 Å². The minimum atomic E-state index is -0.793. The Balaban J connectivity index is 0.670. The lowest BCUT2D eigenvalue weighted by Gasteiger charge is -2.36. The first-order valence-corrected chi connectivity index (χ1v) is 22.9. The number of hydrogen-bond donors (Lipinski definition) is 1. The Morgan fingerprint density at radius 3 is 2.40 bits per heavy atom. The molecule has 3 aromatic heterocycles. The molecule has 0 spiro atoms. The number of amides is 3. The number of aromatic nitrogens is 6. The standard InChI is InChI=1S/C50H51N11O6/c51-28-35-5-3-7-37(25-35)43-12-15-47(64)60(56-43)32-36-6-4-8-38(26-36)48-52-30-41(31-53-48)67-33-34-16-19-59(20-17-34)46(63)9-1-2-18-57-21-23-58(24-22-57)40-10-11-42-39(27-40)29-54-61(50(42)66)44-13-14-45(62)55-49(44)65/h3-8,10-12,15,25-27,29-31,34,44H,1-2,9,13-14,16-24,32-33H2,(H,55,62,65). The second-order valence-corrected chi connectivity index (χ2v) is 17.4. The molecule has 3 fully saturated rings. The van der Waals surface area contributed by atoms with Crippen LogP contribution in [0.1, 0.15) is 62.1 Å². The number of nitriles is 1. The second kappa shape index (κ2) is 20.3. The van der Waals surface area contributed by atoms with Crippen molar-refractivity contribution in [2.75, 3.05) is 57.3 Å². The van der Waals surface area contributed by atoms with Crippen molar-refractivity contribution >= 4 is 34.2 Å². The Morgan fingerprint density at radius 1 is 0.821 bits per heavy atom. The Bertz CT molecular complexity index is 2950. The highest BCUT2D eigenvalue weighted by Crippen LogP contribution is 2.25. The maximum Gasteiger partial charge on any atom is 0.275 e. The minimum absolute atomic E-state index is 0.174. The van der Waals surface area contributed by atoms with E-state index < -0.39 is 11.9 Å². The van der Waals surface area contributed by atoms with Gasteiger partial charge in [0.1, 0.15) is 6.04 Å². The molecule has 1 N–H and O–H groups in total. The van der Waals surface area contributed by atoms with E-state index >= 15 is 0 Å². The van der Waals surface area contributed by atoms with Gasteiger partial charge in [-0.2, -0.15) is 15.5 Å². The molecule has 17 nitrogen and oxygen atoms in total. The smallest absolute Gasteiger partial charge is 0.275 e. The van der Waals surface area contributed by atoms with Gasteiger partial charge in [-0.25, -0.2) is 19.3 Å². The summed E-state index contributed by atoms with van der Waals surface area (Å²) in [6.07, 6.45) is 9.51. The van der Waals surface area contributed by atoms with Crippen molar-refractivity contribution in [3.8, 4) is 34.5 Å². The maximum atomic E-state index is 13.2. The number of fused-ring (bicyclic) bond motifs is 1. The van der Waals surface area contributed by atoms with Crippen molar-refractivity contribution in [3.05, 3.63) is 129 Å². The zero-order chi connectivity index (χ0) is 46.3. The van der Waals surface area contributed by atoms with E-state index in [1.807, 2.05) is 47.4 Å². The molecular weight excluding hydrogens is 851 g/mol. The molecular formula is C50H51N11O6. The van der Waals surface area contributed by atoms with Crippen LogP contribution in [0, 0.1) is 17.2 Å². The number of benzene rings is 3. The van der Waals surface area contributed by atoms with Gasteiger partial charge < -0.3 is 14.5 Å². The van der Waals surface area contributed by atoms with Crippen molar-refractivity contribution in [3.63, 3.8) is 0 Å². The SMILES string of the molecule is N#Cc1cccc(-c2ccc(=O)n(Cc3cccc(-c4ncc(OCC5CCN(C(=O)CCCCN6CCN(c7ccc8c(=O)n(C9CCC(=O)NC9=O)ncc8c7)CC6)CC5)cn4)c3)n2)c1. The molecule has 0 aliphatic carbocycles. The molecule has 3 amide bonds. The van der Waals surface area contributed by atoms with E-state index in [2.05, 4.69) is 41.4 Å². The maximum absolute atomic E-state index is 13.2. The quantitative estimate of drug-likeness (QED) is 0.118. The molecule has 3 aliphatic rings. The van der Waals surface area contributed by atoms with Gasteiger partial charge in [0.15, 0.2) is 11.6 Å². The molecule has 17 heteroatoms. The van der Waals surface area contributed by atoms with E-state index in [0.717, 1.165) is 93.9 Å². The first-order valence-electron chi connectivity index (χ1n) is 22.9. The summed E-state index contributed by atoms with van der Waals surface area (Å²) < 4.78 is 8.69. The molecule has 6 aromatic rings. The molecule has 6 heterocycles. The van der Waals surface area contributed by atoms with E-state index in [0.29, 0.717) is 52.5 Å². The highest BCUT2D eigenvalue weighted by molar-refractivity contribution is 5.99. The molecule has 67 heavy (non-hydrogen) atoms. The Kier molecular flexibility index (Phi) is 13.5. The van der Waals surface area contributed by atoms with E-state index in [9.17, 15) is 29.2 Å². The predicted molar refractivity (Wildman–Crippen MR) is 250 cm³/mol. The molecule has 9 rings (SSSR count). The first-order chi connectivity index (χ1) is 32.7. The number of unbranched alkanes of at least 4 members (excludes halogenated alkanes) is 1. The molecule has 342 valence electrons. The van der Waals surface area contributed by atoms with Crippen LogP contribution in [0.15, 0.2) is 107 Å². The summed E-state index contributed by atoms with van der Waals surface area (Å²) >= 11 is 0. The van der Waals surface area contributed by atoms with Gasteiger partial charge in [-0.3, -0.25) is 34.2 Å². The van der Waals surface area contributed by atoms with Gasteiger partial charge in [-0.05, 0) is 92.6 Å². The van der Waals surface area contributed by atoms with Crippen molar-refractivity contribution in [2.24, 2.45) is 5.92 Å². The van der Waals surface area contributed by atoms with Gasteiger partial charge in [-0.1, -0.05) is 30.3 Å². The number of carbonyl (C=O) groups is 3. The topological polar surface area (TPSA) is 202 Å². The van der Waals surface area contributed by atoms with Gasteiger partial charge >= 0.3 is 0 Å². The summed E-state index contributed by atoms with van der Waals surface area (Å²) in [7, 11) is 0. The number of piperidine rings is 2. The molecule has 3 aromatic carbocycles. The fourth-order valence-corrected chi connectivity index (χ4v) is 9.03. The lowest BCUT2D eigenvalue weighted by Crippen LogP contribution is -2.46. The number of ether oxygens (including phenoxy) is 1. The summed E-state index contributed by atoms with van der Waals surface area (Å²) in [5.74, 6) is 0.831. The first kappa shape index (κ1) is 44.6. The van der Waals surface area contributed by atoms with E-state index in [4.69, 9.17) is 4.74 Å². The number of nitrogens with one attached hydrogen (secondary N) is 1. The van der Waals surface area contributed by atoms with Crippen LogP contribution in [-0.4, -0.2) is 109 Å². The van der Waals surface area contributed by atoms with Crippen LogP contribution in [0.4, 0.5) is 5.69 Å². The Hall–Kier alpha value is -7.58. The summed E-state index contributed by atoms with van der Waals surface area (Å²) in [4.78, 5) is 78.8. The van der Waals surface area contributed by atoms with E-state index in [-0.39, 0.29) is 42.3 Å². The van der Waals surface area contributed by atoms with E-state index in [1.54, 1.807) is 48.9 Å². The van der Waals surface area contributed by atoms with Crippen LogP contribution in [0.2, 0.25) is 0 Å². The molecule has 1 atom stereocenters. The highest BCUT2D eigenvalue weighted by atomic mass is 16.5. The Morgan fingerprint density at radius 2 is 1.61 bits per heavy atom. The van der Waals surface area contributed by atoms with Crippen LogP contribution >= 0.6 is 0 Å². The lowest BCUT2D eigenvalue weighted by atomic mass is 9.97. The molecule has 0 radical (unpaired) electrons. The predicted octanol–water partition coefficient (Wildman–Crippen LogP) is 4.58. The van der Waals surface area contributed by atoms with Crippen molar-refractivity contribution < 1.29 is 19.1 Å². The van der Waals surface area contributed by atoms with Crippen molar-refractivity contribution in [1.82, 2.24) is 44.6 Å². The van der Waals surface area contributed by atoms with Crippen LogP contribution < -0.4 is 26.1 Å². The summed E-state index contributed by atoms with van der Waals surface area (Å²) in [5.41, 5.74) is 3.99. The number of rotatable bonds is 14. The monoisotopic (exact) mass is 901 g/mol. The summed E-state index contributed by atoms with van der Waals surface area (Å²) in [5, 5.41) is 21.6. The van der Waals surface area contributed by atoms with Crippen LogP contribution in [-0.2, 0) is 20.9 Å². The highest BCUT2D eigenvalue weighted by Gasteiger charge is 2.30. The van der Waals surface area contributed by atoms with Gasteiger partial charge in [0.05, 0.1) is 54.5 Å². The fourth-order valence-electron chi connectivity index (χ4n) is 9.03. The third-order valence-corrected chi connectivity index (χ3v) is 12.9. The van der Waals surface area contributed by atoms with Crippen molar-refractivity contribution in [1.29, 1.82) is 5.26 Å². The normalized spacial score (nSPS) is 17.0.